The van der Waals surface area contributed by atoms with Gasteiger partial charge in [0.05, 0.1) is 10.5 Å². The van der Waals surface area contributed by atoms with E-state index in [2.05, 4.69) is 74.5 Å². The Morgan fingerprint density at radius 3 is 2.09 bits per heavy atom. The Kier molecular flexibility index (Phi) is 3.82. The van der Waals surface area contributed by atoms with Gasteiger partial charge in [-0.25, -0.2) is 0 Å². The van der Waals surface area contributed by atoms with Crippen molar-refractivity contribution < 1.29 is 4.92 Å². The summed E-state index contributed by atoms with van der Waals surface area (Å²) in [6, 6.07) is 30.5. The fraction of sp³-hybridized carbons (Fsp3) is 0.103. The van der Waals surface area contributed by atoms with Gasteiger partial charge in [0.1, 0.15) is 0 Å². The van der Waals surface area contributed by atoms with Crippen LogP contribution in [0.4, 0.5) is 5.69 Å². The molecular weight excluding hydrogens is 394 g/mol. The number of nitrogens with zero attached hydrogens (tertiary/aromatic N) is 1. The van der Waals surface area contributed by atoms with Crippen molar-refractivity contribution >= 4 is 27.2 Å². The van der Waals surface area contributed by atoms with Gasteiger partial charge >= 0.3 is 0 Å². The number of rotatable bonds is 2. The first-order valence-corrected chi connectivity index (χ1v) is 10.8. The molecule has 5 aromatic rings. The monoisotopic (exact) mass is 415 g/mol. The van der Waals surface area contributed by atoms with E-state index in [1.807, 2.05) is 18.2 Å². The van der Waals surface area contributed by atoms with Crippen LogP contribution in [0.1, 0.15) is 25.0 Å². The molecule has 0 aliphatic heterocycles. The maximum atomic E-state index is 11.9. The van der Waals surface area contributed by atoms with Crippen molar-refractivity contribution in [2.45, 2.75) is 19.3 Å². The minimum atomic E-state index is -0.311. The highest BCUT2D eigenvalue weighted by atomic mass is 16.6. The Labute approximate surface area is 186 Å². The second kappa shape index (κ2) is 6.51. The van der Waals surface area contributed by atoms with Crippen molar-refractivity contribution in [3.63, 3.8) is 0 Å². The number of fused-ring (bicyclic) bond motifs is 7. The summed E-state index contributed by atoms with van der Waals surface area (Å²) >= 11 is 0. The van der Waals surface area contributed by atoms with Gasteiger partial charge in [-0.1, -0.05) is 86.6 Å². The Hall–Kier alpha value is -3.98. The highest BCUT2D eigenvalue weighted by molar-refractivity contribution is 6.10. The predicted octanol–water partition coefficient (Wildman–Crippen LogP) is 7.87. The smallest absolute Gasteiger partial charge is 0.258 e. The molecule has 0 fully saturated rings. The molecule has 6 rings (SSSR count). The Balaban J connectivity index is 1.82. The van der Waals surface area contributed by atoms with Crippen LogP contribution in [0.3, 0.4) is 0 Å². The van der Waals surface area contributed by atoms with E-state index in [9.17, 15) is 10.1 Å². The molecule has 32 heavy (non-hydrogen) atoms. The molecule has 0 radical (unpaired) electrons. The third-order valence-electron chi connectivity index (χ3n) is 6.89. The van der Waals surface area contributed by atoms with Crippen LogP contribution in [0, 0.1) is 10.1 Å². The summed E-state index contributed by atoms with van der Waals surface area (Å²) < 4.78 is 0. The van der Waals surface area contributed by atoms with Gasteiger partial charge in [-0.15, -0.1) is 0 Å². The summed E-state index contributed by atoms with van der Waals surface area (Å²) in [6.07, 6.45) is 0. The van der Waals surface area contributed by atoms with Crippen molar-refractivity contribution in [1.29, 1.82) is 0 Å². The van der Waals surface area contributed by atoms with Crippen LogP contribution in [-0.4, -0.2) is 4.92 Å². The van der Waals surface area contributed by atoms with E-state index in [4.69, 9.17) is 0 Å². The lowest BCUT2D eigenvalue weighted by atomic mass is 9.76. The molecule has 3 heteroatoms. The van der Waals surface area contributed by atoms with Gasteiger partial charge in [-0.05, 0) is 61.5 Å². The average molecular weight is 415 g/mol. The SMILES string of the molecule is CC1(C)c2c(-c3ccccc3[N+](=O)[O-])cc3ccccc3c2-c2ccc3ccccc3c21. The molecule has 154 valence electrons. The normalized spacial score (nSPS) is 13.8. The fourth-order valence-electron chi connectivity index (χ4n) is 5.63. The average Bonchev–Trinajstić information content (AvgIpc) is 3.06. The zero-order valence-electron chi connectivity index (χ0n) is 17.9. The standard InChI is InChI=1S/C29H21NO2/c1-29(2)27-21-12-6-3-9-18(21)15-16-23(27)26-20-11-5-4-10-19(20)17-24(28(26)29)22-13-7-8-14-25(22)30(31)32/h3-17H,1-2H3. The summed E-state index contributed by atoms with van der Waals surface area (Å²) in [5.74, 6) is 0. The molecule has 0 N–H and O–H groups in total. The Morgan fingerprint density at radius 1 is 0.656 bits per heavy atom. The number of nitro benzene ring substituents is 1. The van der Waals surface area contributed by atoms with Gasteiger partial charge in [-0.2, -0.15) is 0 Å². The van der Waals surface area contributed by atoms with Gasteiger partial charge in [0.25, 0.3) is 5.69 Å². The first-order chi connectivity index (χ1) is 15.5. The van der Waals surface area contributed by atoms with Crippen LogP contribution < -0.4 is 0 Å². The zero-order chi connectivity index (χ0) is 22.0. The fourth-order valence-corrected chi connectivity index (χ4v) is 5.63. The third kappa shape index (κ3) is 2.42. The quantitative estimate of drug-likeness (QED) is 0.217. The van der Waals surface area contributed by atoms with Crippen LogP contribution >= 0.6 is 0 Å². The lowest BCUT2D eigenvalue weighted by Gasteiger charge is -2.26. The maximum absolute atomic E-state index is 11.9. The summed E-state index contributed by atoms with van der Waals surface area (Å²) in [6.45, 7) is 4.49. The summed E-state index contributed by atoms with van der Waals surface area (Å²) in [5, 5.41) is 16.7. The molecule has 1 aliphatic carbocycles. The van der Waals surface area contributed by atoms with Gasteiger partial charge in [0.15, 0.2) is 0 Å². The summed E-state index contributed by atoms with van der Waals surface area (Å²) in [4.78, 5) is 11.6. The lowest BCUT2D eigenvalue weighted by Crippen LogP contribution is -2.17. The van der Waals surface area contributed by atoms with Crippen LogP contribution in [0.5, 0.6) is 0 Å². The topological polar surface area (TPSA) is 43.1 Å². The van der Waals surface area contributed by atoms with Gasteiger partial charge in [0, 0.05) is 11.5 Å². The number of para-hydroxylation sites is 1. The molecule has 0 amide bonds. The first kappa shape index (κ1) is 18.8. The van der Waals surface area contributed by atoms with Crippen LogP contribution in [-0.2, 0) is 5.41 Å². The third-order valence-corrected chi connectivity index (χ3v) is 6.89. The van der Waals surface area contributed by atoms with E-state index in [1.54, 1.807) is 12.1 Å². The van der Waals surface area contributed by atoms with E-state index in [-0.39, 0.29) is 16.0 Å². The molecule has 0 saturated heterocycles. The molecule has 0 aromatic heterocycles. The second-order valence-corrected chi connectivity index (χ2v) is 9.00. The molecule has 1 aliphatic rings. The van der Waals surface area contributed by atoms with Crippen molar-refractivity contribution in [2.24, 2.45) is 0 Å². The minimum absolute atomic E-state index is 0.140. The van der Waals surface area contributed by atoms with E-state index in [1.165, 1.54) is 32.8 Å². The Bertz CT molecular complexity index is 1580. The van der Waals surface area contributed by atoms with E-state index in [0.29, 0.717) is 5.56 Å². The predicted molar refractivity (Wildman–Crippen MR) is 131 cm³/mol. The molecule has 5 aromatic carbocycles. The second-order valence-electron chi connectivity index (χ2n) is 9.00. The number of hydrogen-bond acceptors (Lipinski definition) is 2. The molecule has 0 bridgehead atoms. The van der Waals surface area contributed by atoms with Crippen molar-refractivity contribution in [1.82, 2.24) is 0 Å². The number of hydrogen-bond donors (Lipinski definition) is 0. The van der Waals surface area contributed by atoms with Gasteiger partial charge in [0.2, 0.25) is 0 Å². The van der Waals surface area contributed by atoms with E-state index in [0.717, 1.165) is 16.5 Å². The first-order valence-electron chi connectivity index (χ1n) is 10.8. The van der Waals surface area contributed by atoms with Crippen molar-refractivity contribution in [3.05, 3.63) is 112 Å². The molecule has 0 unspecified atom stereocenters. The van der Waals surface area contributed by atoms with E-state index < -0.39 is 0 Å². The van der Waals surface area contributed by atoms with Crippen molar-refractivity contribution in [3.8, 4) is 22.3 Å². The maximum Gasteiger partial charge on any atom is 0.277 e. The summed E-state index contributed by atoms with van der Waals surface area (Å²) in [7, 11) is 0. The molecule has 3 nitrogen and oxygen atoms in total. The van der Waals surface area contributed by atoms with Gasteiger partial charge < -0.3 is 0 Å². The molecular formula is C29H21NO2. The Morgan fingerprint density at radius 2 is 1.31 bits per heavy atom. The van der Waals surface area contributed by atoms with Crippen LogP contribution in [0.2, 0.25) is 0 Å². The van der Waals surface area contributed by atoms with Crippen molar-refractivity contribution in [2.75, 3.05) is 0 Å². The molecule has 0 spiro atoms. The highest BCUT2D eigenvalue weighted by Crippen LogP contribution is 2.57. The largest absolute Gasteiger partial charge is 0.277 e. The lowest BCUT2D eigenvalue weighted by molar-refractivity contribution is -0.384. The van der Waals surface area contributed by atoms with Crippen LogP contribution in [0.25, 0.3) is 43.8 Å². The number of nitro groups is 1. The minimum Gasteiger partial charge on any atom is -0.258 e. The van der Waals surface area contributed by atoms with Gasteiger partial charge in [-0.3, -0.25) is 10.1 Å². The summed E-state index contributed by atoms with van der Waals surface area (Å²) in [5.41, 5.74) is 6.32. The highest BCUT2D eigenvalue weighted by Gasteiger charge is 2.40. The van der Waals surface area contributed by atoms with Crippen LogP contribution in [0.15, 0.2) is 91.0 Å². The molecule has 0 atom stereocenters. The van der Waals surface area contributed by atoms with E-state index >= 15 is 0 Å². The molecule has 0 saturated carbocycles. The zero-order valence-corrected chi connectivity index (χ0v) is 17.9. The molecule has 0 heterocycles. The number of benzene rings is 5.